The first-order valence-corrected chi connectivity index (χ1v) is 9.85. The summed E-state index contributed by atoms with van der Waals surface area (Å²) in [6.45, 7) is 2.61. The molecule has 0 spiro atoms. The molecule has 3 amide bonds. The van der Waals surface area contributed by atoms with Crippen LogP contribution in [0.3, 0.4) is 0 Å². The number of imide groups is 1. The van der Waals surface area contributed by atoms with Gasteiger partial charge in [0.1, 0.15) is 5.76 Å². The van der Waals surface area contributed by atoms with Gasteiger partial charge in [0.05, 0.1) is 18.6 Å². The second kappa shape index (κ2) is 9.43. The Bertz CT molecular complexity index is 941. The molecule has 0 fully saturated rings. The van der Waals surface area contributed by atoms with E-state index < -0.39 is 11.9 Å². The van der Waals surface area contributed by atoms with Crippen LogP contribution in [0, 0.1) is 0 Å². The maximum absolute atomic E-state index is 12.0. The molecule has 3 aromatic rings. The summed E-state index contributed by atoms with van der Waals surface area (Å²) in [6, 6.07) is 10.4. The van der Waals surface area contributed by atoms with Gasteiger partial charge in [0.15, 0.2) is 11.0 Å². The molecule has 2 aromatic heterocycles. The smallest absolute Gasteiger partial charge is 0.321 e. The van der Waals surface area contributed by atoms with E-state index in [2.05, 4.69) is 20.8 Å². The second-order valence-electron chi connectivity index (χ2n) is 5.67. The molecule has 0 atom stereocenters. The van der Waals surface area contributed by atoms with Crippen molar-refractivity contribution in [3.63, 3.8) is 0 Å². The van der Waals surface area contributed by atoms with Crippen molar-refractivity contribution in [2.45, 2.75) is 18.6 Å². The zero-order valence-electron chi connectivity index (χ0n) is 15.0. The van der Waals surface area contributed by atoms with Crippen LogP contribution >= 0.6 is 23.4 Å². The van der Waals surface area contributed by atoms with E-state index >= 15 is 0 Å². The number of urea groups is 1. The summed E-state index contributed by atoms with van der Waals surface area (Å²) in [5.41, 5.74) is 0.835. The third-order valence-corrected chi connectivity index (χ3v) is 4.85. The van der Waals surface area contributed by atoms with Crippen molar-refractivity contribution in [3.05, 3.63) is 53.4 Å². The van der Waals surface area contributed by atoms with E-state index in [9.17, 15) is 9.59 Å². The van der Waals surface area contributed by atoms with Crippen LogP contribution in [0.5, 0.6) is 0 Å². The first kappa shape index (κ1) is 20.0. The maximum atomic E-state index is 12.0. The van der Waals surface area contributed by atoms with Gasteiger partial charge in [-0.05, 0) is 43.3 Å². The van der Waals surface area contributed by atoms with Crippen molar-refractivity contribution in [2.75, 3.05) is 12.3 Å². The lowest BCUT2D eigenvalue weighted by Gasteiger charge is -2.09. The molecule has 0 radical (unpaired) electrons. The first-order valence-electron chi connectivity index (χ1n) is 8.48. The number of rotatable bonds is 7. The van der Waals surface area contributed by atoms with Gasteiger partial charge in [-0.25, -0.2) is 4.79 Å². The predicted octanol–water partition coefficient (Wildman–Crippen LogP) is 3.18. The summed E-state index contributed by atoms with van der Waals surface area (Å²) < 4.78 is 7.29. The van der Waals surface area contributed by atoms with Gasteiger partial charge in [-0.2, -0.15) is 0 Å². The van der Waals surface area contributed by atoms with Gasteiger partial charge in [-0.1, -0.05) is 23.4 Å². The molecule has 0 aliphatic carbocycles. The number of halogens is 1. The van der Waals surface area contributed by atoms with Crippen molar-refractivity contribution in [1.82, 2.24) is 25.4 Å². The number of nitrogens with zero attached hydrogens (tertiary/aromatic N) is 3. The van der Waals surface area contributed by atoms with Crippen LogP contribution in [0.1, 0.15) is 12.7 Å². The molecule has 0 saturated heterocycles. The summed E-state index contributed by atoms with van der Waals surface area (Å²) in [4.78, 5) is 23.4. The maximum Gasteiger partial charge on any atom is 0.321 e. The van der Waals surface area contributed by atoms with Gasteiger partial charge in [-0.3, -0.25) is 14.7 Å². The summed E-state index contributed by atoms with van der Waals surface area (Å²) in [7, 11) is 0. The zero-order valence-corrected chi connectivity index (χ0v) is 16.6. The van der Waals surface area contributed by atoms with E-state index in [0.29, 0.717) is 29.1 Å². The molecule has 1 aromatic carbocycles. The highest BCUT2D eigenvalue weighted by Crippen LogP contribution is 2.26. The number of nitrogens with one attached hydrogen (secondary N) is 2. The molecule has 3 rings (SSSR count). The highest BCUT2D eigenvalue weighted by Gasteiger charge is 2.17. The molecule has 0 aliphatic heterocycles. The monoisotopic (exact) mass is 419 g/mol. The van der Waals surface area contributed by atoms with E-state index in [1.54, 1.807) is 31.4 Å². The summed E-state index contributed by atoms with van der Waals surface area (Å²) in [5.74, 6) is 0.952. The Balaban J connectivity index is 1.79. The molecular formula is C18H18ClN5O3S. The Kier molecular flexibility index (Phi) is 6.72. The third kappa shape index (κ3) is 5.14. The quantitative estimate of drug-likeness (QED) is 0.570. The topological polar surface area (TPSA) is 102 Å². The number of carbonyl (C=O) groups excluding carboxylic acids is 2. The van der Waals surface area contributed by atoms with E-state index in [4.69, 9.17) is 16.0 Å². The van der Waals surface area contributed by atoms with Crippen molar-refractivity contribution in [3.8, 4) is 11.4 Å². The average Bonchev–Trinajstić information content (AvgIpc) is 3.31. The largest absolute Gasteiger partial charge is 0.467 e. The van der Waals surface area contributed by atoms with Crippen LogP contribution in [0.2, 0.25) is 5.02 Å². The zero-order chi connectivity index (χ0) is 19.9. The lowest BCUT2D eigenvalue weighted by molar-refractivity contribution is -0.117. The summed E-state index contributed by atoms with van der Waals surface area (Å²) in [6.07, 6.45) is 1.59. The van der Waals surface area contributed by atoms with Crippen molar-refractivity contribution < 1.29 is 14.0 Å². The van der Waals surface area contributed by atoms with Crippen LogP contribution in [-0.2, 0) is 11.3 Å². The van der Waals surface area contributed by atoms with Crippen LogP contribution in [0.4, 0.5) is 4.79 Å². The lowest BCUT2D eigenvalue weighted by Crippen LogP contribution is -2.40. The molecule has 0 saturated carbocycles. The van der Waals surface area contributed by atoms with Gasteiger partial charge in [0.25, 0.3) is 0 Å². The molecule has 28 heavy (non-hydrogen) atoms. The lowest BCUT2D eigenvalue weighted by atomic mass is 10.2. The number of amides is 3. The van der Waals surface area contributed by atoms with E-state index in [1.807, 2.05) is 22.8 Å². The van der Waals surface area contributed by atoms with Gasteiger partial charge in [-0.15, -0.1) is 10.2 Å². The number of hydrogen-bond acceptors (Lipinski definition) is 6. The van der Waals surface area contributed by atoms with Crippen molar-refractivity contribution in [1.29, 1.82) is 0 Å². The molecule has 0 bridgehead atoms. The number of thioether (sulfide) groups is 1. The predicted molar refractivity (Wildman–Crippen MR) is 106 cm³/mol. The highest BCUT2D eigenvalue weighted by molar-refractivity contribution is 7.99. The fourth-order valence-corrected chi connectivity index (χ4v) is 3.27. The minimum atomic E-state index is -0.521. The van der Waals surface area contributed by atoms with Crippen LogP contribution < -0.4 is 10.6 Å². The Morgan fingerprint density at radius 1 is 1.21 bits per heavy atom. The number of hydrogen-bond donors (Lipinski definition) is 2. The fourth-order valence-electron chi connectivity index (χ4n) is 2.41. The number of benzene rings is 1. The third-order valence-electron chi connectivity index (χ3n) is 3.64. The number of carbonyl (C=O) groups is 2. The Hall–Kier alpha value is -2.78. The van der Waals surface area contributed by atoms with Crippen molar-refractivity contribution >= 4 is 35.3 Å². The van der Waals surface area contributed by atoms with Gasteiger partial charge < -0.3 is 9.73 Å². The number of aromatic nitrogens is 3. The van der Waals surface area contributed by atoms with Crippen molar-refractivity contribution in [2.24, 2.45) is 0 Å². The number of furan rings is 1. The Morgan fingerprint density at radius 3 is 2.68 bits per heavy atom. The molecule has 0 unspecified atom stereocenters. The fraction of sp³-hybridized carbons (Fsp3) is 0.222. The van der Waals surface area contributed by atoms with Crippen LogP contribution in [-0.4, -0.2) is 39.0 Å². The normalized spacial score (nSPS) is 10.6. The van der Waals surface area contributed by atoms with E-state index in [1.165, 1.54) is 11.8 Å². The molecule has 10 heteroatoms. The summed E-state index contributed by atoms with van der Waals surface area (Å²) in [5, 5.41) is 14.4. The van der Waals surface area contributed by atoms with Crippen LogP contribution in [0.25, 0.3) is 11.4 Å². The standard InChI is InChI=1S/C18H18ClN5O3S/c1-2-20-17(26)21-15(25)11-28-18-23-22-16(12-5-7-13(19)8-6-12)24(18)10-14-4-3-9-27-14/h3-9H,2,10-11H2,1H3,(H2,20,21,25,26). The van der Waals surface area contributed by atoms with Gasteiger partial charge >= 0.3 is 6.03 Å². The minimum Gasteiger partial charge on any atom is -0.467 e. The molecule has 146 valence electrons. The minimum absolute atomic E-state index is 0.0219. The van der Waals surface area contributed by atoms with Gasteiger partial charge in [0, 0.05) is 17.1 Å². The average molecular weight is 420 g/mol. The Labute approximate surface area is 170 Å². The molecule has 8 nitrogen and oxygen atoms in total. The molecular weight excluding hydrogens is 402 g/mol. The van der Waals surface area contributed by atoms with Gasteiger partial charge in [0.2, 0.25) is 5.91 Å². The SMILES string of the molecule is CCNC(=O)NC(=O)CSc1nnc(-c2ccc(Cl)cc2)n1Cc1ccco1. The highest BCUT2D eigenvalue weighted by atomic mass is 35.5. The van der Waals surface area contributed by atoms with E-state index in [-0.39, 0.29) is 5.75 Å². The van der Waals surface area contributed by atoms with E-state index in [0.717, 1.165) is 11.3 Å². The molecule has 0 aliphatic rings. The first-order chi connectivity index (χ1) is 13.6. The molecule has 2 heterocycles. The second-order valence-corrected chi connectivity index (χ2v) is 7.05. The Morgan fingerprint density at radius 2 is 2.00 bits per heavy atom. The summed E-state index contributed by atoms with van der Waals surface area (Å²) >= 11 is 7.15. The van der Waals surface area contributed by atoms with Crippen LogP contribution in [0.15, 0.2) is 52.2 Å². The molecule has 2 N–H and O–H groups in total.